The Kier molecular flexibility index (Phi) is 4.37. The molecule has 0 spiro atoms. The topological polar surface area (TPSA) is 12.5 Å². The van der Waals surface area contributed by atoms with Crippen molar-refractivity contribution >= 4 is 5.69 Å². The van der Waals surface area contributed by atoms with Gasteiger partial charge in [-0.05, 0) is 50.5 Å². The largest absolute Gasteiger partial charge is 0.493 e. The molecule has 1 fully saturated rings. The van der Waals surface area contributed by atoms with E-state index in [-0.39, 0.29) is 0 Å². The van der Waals surface area contributed by atoms with Crippen molar-refractivity contribution in [1.82, 2.24) is 0 Å². The van der Waals surface area contributed by atoms with Gasteiger partial charge in [-0.15, -0.1) is 0 Å². The van der Waals surface area contributed by atoms with Crippen LogP contribution in [0.5, 0.6) is 5.75 Å². The van der Waals surface area contributed by atoms with Gasteiger partial charge in [0.25, 0.3) is 0 Å². The summed E-state index contributed by atoms with van der Waals surface area (Å²) in [5, 5.41) is 0. The number of anilines is 1. The number of aryl methyl sites for hydroxylation is 3. The Hall–Kier alpha value is -1.96. The summed E-state index contributed by atoms with van der Waals surface area (Å²) in [5.41, 5.74) is 5.44. The highest BCUT2D eigenvalue weighted by Gasteiger charge is 2.25. The molecule has 0 saturated carbocycles. The van der Waals surface area contributed by atoms with Gasteiger partial charge in [-0.25, -0.2) is 0 Å². The summed E-state index contributed by atoms with van der Waals surface area (Å²) in [6, 6.07) is 14.9. The lowest BCUT2D eigenvalue weighted by Crippen LogP contribution is -2.23. The first-order chi connectivity index (χ1) is 10.6. The molecular formula is C20H25NO. The minimum atomic E-state index is 0.611. The van der Waals surface area contributed by atoms with Crippen LogP contribution in [0.3, 0.4) is 0 Å². The second-order valence-corrected chi connectivity index (χ2v) is 6.47. The molecule has 1 aliphatic rings. The zero-order valence-electron chi connectivity index (χ0n) is 13.8. The third-order valence-electron chi connectivity index (χ3n) is 4.55. The zero-order valence-corrected chi connectivity index (χ0v) is 13.8. The number of benzene rings is 2. The molecule has 2 nitrogen and oxygen atoms in total. The molecule has 22 heavy (non-hydrogen) atoms. The standard InChI is InChI=1S/C20H25NO/c1-15-7-9-19(10-8-15)22-14-18-11-12-21(13-18)20-16(2)5-4-6-17(20)3/h4-10,18H,11-14H2,1-3H3. The third-order valence-corrected chi connectivity index (χ3v) is 4.55. The minimum absolute atomic E-state index is 0.611. The zero-order chi connectivity index (χ0) is 15.5. The van der Waals surface area contributed by atoms with Gasteiger partial charge < -0.3 is 9.64 Å². The van der Waals surface area contributed by atoms with Gasteiger partial charge in [0.1, 0.15) is 5.75 Å². The lowest BCUT2D eigenvalue weighted by molar-refractivity contribution is 0.261. The highest BCUT2D eigenvalue weighted by Crippen LogP contribution is 2.30. The number of nitrogens with zero attached hydrogens (tertiary/aromatic N) is 1. The van der Waals surface area contributed by atoms with Crippen LogP contribution in [-0.4, -0.2) is 19.7 Å². The average Bonchev–Trinajstić information content (AvgIpc) is 2.95. The second-order valence-electron chi connectivity index (χ2n) is 6.47. The van der Waals surface area contributed by atoms with Gasteiger partial charge in [0.05, 0.1) is 6.61 Å². The molecular weight excluding hydrogens is 270 g/mol. The first-order valence-electron chi connectivity index (χ1n) is 8.14. The summed E-state index contributed by atoms with van der Waals surface area (Å²) in [5.74, 6) is 1.59. The smallest absolute Gasteiger partial charge is 0.119 e. The second kappa shape index (κ2) is 6.43. The normalized spacial score (nSPS) is 17.8. The summed E-state index contributed by atoms with van der Waals surface area (Å²) < 4.78 is 5.96. The SMILES string of the molecule is Cc1ccc(OCC2CCN(c3c(C)cccc3C)C2)cc1. The van der Waals surface area contributed by atoms with E-state index >= 15 is 0 Å². The van der Waals surface area contributed by atoms with Crippen molar-refractivity contribution in [3.63, 3.8) is 0 Å². The molecule has 1 unspecified atom stereocenters. The van der Waals surface area contributed by atoms with Crippen molar-refractivity contribution in [2.45, 2.75) is 27.2 Å². The molecule has 1 saturated heterocycles. The summed E-state index contributed by atoms with van der Waals surface area (Å²) in [6.07, 6.45) is 1.21. The van der Waals surface area contributed by atoms with Crippen LogP contribution in [0.4, 0.5) is 5.69 Å². The van der Waals surface area contributed by atoms with E-state index < -0.39 is 0 Å². The van der Waals surface area contributed by atoms with Gasteiger partial charge in [0.2, 0.25) is 0 Å². The number of hydrogen-bond acceptors (Lipinski definition) is 2. The molecule has 2 aromatic rings. The van der Waals surface area contributed by atoms with Crippen LogP contribution >= 0.6 is 0 Å². The van der Waals surface area contributed by atoms with Crippen molar-refractivity contribution < 1.29 is 4.74 Å². The van der Waals surface area contributed by atoms with Crippen LogP contribution < -0.4 is 9.64 Å². The Labute approximate surface area is 133 Å². The molecule has 2 heteroatoms. The van der Waals surface area contributed by atoms with E-state index in [0.29, 0.717) is 5.92 Å². The predicted octanol–water partition coefficient (Wildman–Crippen LogP) is 4.52. The fourth-order valence-electron chi connectivity index (χ4n) is 3.32. The number of rotatable bonds is 4. The maximum absolute atomic E-state index is 5.96. The lowest BCUT2D eigenvalue weighted by atomic mass is 10.1. The number of ether oxygens (including phenoxy) is 1. The quantitative estimate of drug-likeness (QED) is 0.822. The van der Waals surface area contributed by atoms with E-state index in [4.69, 9.17) is 4.74 Å². The Morgan fingerprint density at radius 3 is 2.36 bits per heavy atom. The molecule has 1 atom stereocenters. The van der Waals surface area contributed by atoms with Gasteiger partial charge in [0.15, 0.2) is 0 Å². The first kappa shape index (κ1) is 15.0. The molecule has 0 aliphatic carbocycles. The summed E-state index contributed by atoms with van der Waals surface area (Å²) in [6.45, 7) is 9.55. The van der Waals surface area contributed by atoms with E-state index in [1.54, 1.807) is 0 Å². The van der Waals surface area contributed by atoms with E-state index in [0.717, 1.165) is 25.4 Å². The van der Waals surface area contributed by atoms with E-state index in [1.807, 2.05) is 0 Å². The summed E-state index contributed by atoms with van der Waals surface area (Å²) in [7, 11) is 0. The molecule has 0 bridgehead atoms. The molecule has 3 rings (SSSR count). The van der Waals surface area contributed by atoms with Crippen LogP contribution in [0.25, 0.3) is 0 Å². The van der Waals surface area contributed by atoms with Gasteiger partial charge in [-0.1, -0.05) is 35.9 Å². The summed E-state index contributed by atoms with van der Waals surface area (Å²) >= 11 is 0. The van der Waals surface area contributed by atoms with Crippen LogP contribution in [0.15, 0.2) is 42.5 Å². The Balaban J connectivity index is 1.59. The molecule has 1 heterocycles. The molecule has 0 amide bonds. The lowest BCUT2D eigenvalue weighted by Gasteiger charge is -2.23. The third kappa shape index (κ3) is 3.27. The van der Waals surface area contributed by atoms with Gasteiger partial charge >= 0.3 is 0 Å². The van der Waals surface area contributed by atoms with Gasteiger partial charge in [-0.3, -0.25) is 0 Å². The Morgan fingerprint density at radius 2 is 1.68 bits per heavy atom. The molecule has 2 aromatic carbocycles. The first-order valence-corrected chi connectivity index (χ1v) is 8.14. The Bertz CT molecular complexity index is 612. The molecule has 0 N–H and O–H groups in total. The fourth-order valence-corrected chi connectivity index (χ4v) is 3.32. The van der Waals surface area contributed by atoms with Gasteiger partial charge in [0, 0.05) is 24.7 Å². The maximum atomic E-state index is 5.96. The molecule has 0 radical (unpaired) electrons. The van der Waals surface area contributed by atoms with E-state index in [1.165, 1.54) is 28.8 Å². The van der Waals surface area contributed by atoms with E-state index in [9.17, 15) is 0 Å². The van der Waals surface area contributed by atoms with Crippen LogP contribution in [0, 0.1) is 26.7 Å². The highest BCUT2D eigenvalue weighted by molar-refractivity contribution is 5.59. The van der Waals surface area contributed by atoms with Crippen LogP contribution in [0.2, 0.25) is 0 Å². The molecule has 1 aliphatic heterocycles. The molecule has 116 valence electrons. The van der Waals surface area contributed by atoms with Crippen LogP contribution in [0.1, 0.15) is 23.1 Å². The number of para-hydroxylation sites is 1. The van der Waals surface area contributed by atoms with Crippen molar-refractivity contribution in [3.05, 3.63) is 59.2 Å². The van der Waals surface area contributed by atoms with Crippen LogP contribution in [-0.2, 0) is 0 Å². The van der Waals surface area contributed by atoms with Gasteiger partial charge in [-0.2, -0.15) is 0 Å². The van der Waals surface area contributed by atoms with Crippen molar-refractivity contribution in [3.8, 4) is 5.75 Å². The minimum Gasteiger partial charge on any atom is -0.493 e. The molecule has 0 aromatic heterocycles. The fraction of sp³-hybridized carbons (Fsp3) is 0.400. The van der Waals surface area contributed by atoms with Crippen molar-refractivity contribution in [2.75, 3.05) is 24.6 Å². The van der Waals surface area contributed by atoms with Crippen molar-refractivity contribution in [1.29, 1.82) is 0 Å². The van der Waals surface area contributed by atoms with Crippen molar-refractivity contribution in [2.24, 2.45) is 5.92 Å². The predicted molar refractivity (Wildman–Crippen MR) is 92.9 cm³/mol. The summed E-state index contributed by atoms with van der Waals surface area (Å²) in [4.78, 5) is 2.52. The number of hydrogen-bond donors (Lipinski definition) is 0. The van der Waals surface area contributed by atoms with E-state index in [2.05, 4.69) is 68.1 Å². The average molecular weight is 295 g/mol. The highest BCUT2D eigenvalue weighted by atomic mass is 16.5. The maximum Gasteiger partial charge on any atom is 0.119 e. The Morgan fingerprint density at radius 1 is 1.00 bits per heavy atom. The monoisotopic (exact) mass is 295 g/mol.